The summed E-state index contributed by atoms with van der Waals surface area (Å²) in [6.07, 6.45) is 4.64. The Morgan fingerprint density at radius 2 is 2.23 bits per heavy atom. The summed E-state index contributed by atoms with van der Waals surface area (Å²) in [4.78, 5) is 6.52. The van der Waals surface area contributed by atoms with Gasteiger partial charge in [-0.05, 0) is 43.2 Å². The van der Waals surface area contributed by atoms with Crippen molar-refractivity contribution in [2.75, 3.05) is 31.6 Å². The van der Waals surface area contributed by atoms with Crippen LogP contribution in [0.5, 0.6) is 0 Å². The molecule has 0 aliphatic carbocycles. The predicted octanol–water partition coefficient (Wildman–Crippen LogP) is 3.41. The van der Waals surface area contributed by atoms with E-state index >= 15 is 0 Å². The number of halogens is 2. The van der Waals surface area contributed by atoms with Crippen LogP contribution in [0.2, 0.25) is 0 Å². The molecule has 0 saturated carbocycles. The quantitative estimate of drug-likeness (QED) is 0.398. The zero-order valence-corrected chi connectivity index (χ0v) is 17.3. The van der Waals surface area contributed by atoms with Crippen molar-refractivity contribution >= 4 is 35.6 Å². The van der Waals surface area contributed by atoms with Crippen molar-refractivity contribution < 1.29 is 8.81 Å². The lowest BCUT2D eigenvalue weighted by Gasteiger charge is -2.35. The first-order chi connectivity index (χ1) is 12.2. The maximum Gasteiger partial charge on any atom is 0.191 e. The Morgan fingerprint density at radius 3 is 2.96 bits per heavy atom. The molecule has 0 bridgehead atoms. The van der Waals surface area contributed by atoms with Crippen molar-refractivity contribution in [2.45, 2.75) is 25.3 Å². The number of nitrogens with one attached hydrogen (secondary N) is 2. The first-order valence-electron chi connectivity index (χ1n) is 8.74. The molecule has 1 aromatic heterocycles. The summed E-state index contributed by atoms with van der Waals surface area (Å²) < 4.78 is 18.8. The van der Waals surface area contributed by atoms with Gasteiger partial charge in [-0.1, -0.05) is 6.07 Å². The molecule has 142 valence electrons. The lowest BCUT2D eigenvalue weighted by atomic mass is 10.0. The van der Waals surface area contributed by atoms with E-state index in [1.165, 1.54) is 6.07 Å². The first-order valence-corrected chi connectivity index (χ1v) is 8.74. The molecule has 1 fully saturated rings. The number of piperidine rings is 1. The number of hydrogen-bond donors (Lipinski definition) is 2. The molecule has 7 heteroatoms. The number of anilines is 1. The molecule has 2 aromatic rings. The van der Waals surface area contributed by atoms with Crippen LogP contribution in [-0.4, -0.2) is 38.7 Å². The van der Waals surface area contributed by atoms with Crippen LogP contribution in [0.15, 0.2) is 52.1 Å². The minimum absolute atomic E-state index is 0. The van der Waals surface area contributed by atoms with E-state index in [0.29, 0.717) is 0 Å². The fourth-order valence-corrected chi connectivity index (χ4v) is 3.15. The molecule has 1 aliphatic heterocycles. The minimum Gasteiger partial charge on any atom is -0.469 e. The Balaban J connectivity index is 0.00000243. The van der Waals surface area contributed by atoms with Crippen molar-refractivity contribution in [1.29, 1.82) is 0 Å². The van der Waals surface area contributed by atoms with Crippen molar-refractivity contribution in [3.05, 3.63) is 54.2 Å². The van der Waals surface area contributed by atoms with E-state index in [1.54, 1.807) is 25.4 Å². The summed E-state index contributed by atoms with van der Waals surface area (Å²) in [5.74, 6) is 1.55. The molecule has 1 aromatic carbocycles. The molecule has 3 rings (SSSR count). The SMILES string of the molecule is CN=C(NCCc1ccco1)NC1CCCN(c2cccc(F)c2)C1.I. The Bertz CT molecular complexity index is 693. The summed E-state index contributed by atoms with van der Waals surface area (Å²) in [6, 6.07) is 10.9. The highest BCUT2D eigenvalue weighted by atomic mass is 127. The topological polar surface area (TPSA) is 52.8 Å². The average molecular weight is 472 g/mol. The molecule has 0 amide bonds. The summed E-state index contributed by atoms with van der Waals surface area (Å²) >= 11 is 0. The van der Waals surface area contributed by atoms with Gasteiger partial charge in [-0.25, -0.2) is 4.39 Å². The average Bonchev–Trinajstić information content (AvgIpc) is 3.14. The first kappa shape index (κ1) is 20.5. The molecule has 1 saturated heterocycles. The monoisotopic (exact) mass is 472 g/mol. The van der Waals surface area contributed by atoms with Gasteiger partial charge in [0.1, 0.15) is 11.6 Å². The maximum absolute atomic E-state index is 13.5. The summed E-state index contributed by atoms with van der Waals surface area (Å²) in [5.41, 5.74) is 0.937. The van der Waals surface area contributed by atoms with Crippen molar-refractivity contribution in [3.63, 3.8) is 0 Å². The third-order valence-corrected chi connectivity index (χ3v) is 4.40. The second-order valence-corrected chi connectivity index (χ2v) is 6.24. The highest BCUT2D eigenvalue weighted by molar-refractivity contribution is 14.0. The molecule has 26 heavy (non-hydrogen) atoms. The van der Waals surface area contributed by atoms with E-state index in [4.69, 9.17) is 4.42 Å². The van der Waals surface area contributed by atoms with E-state index in [9.17, 15) is 4.39 Å². The fourth-order valence-electron chi connectivity index (χ4n) is 3.15. The Morgan fingerprint density at radius 1 is 1.35 bits per heavy atom. The number of hydrogen-bond acceptors (Lipinski definition) is 3. The number of nitrogens with zero attached hydrogens (tertiary/aromatic N) is 2. The zero-order chi connectivity index (χ0) is 17.5. The van der Waals surface area contributed by atoms with Crippen LogP contribution in [0, 0.1) is 5.82 Å². The van der Waals surface area contributed by atoms with Gasteiger partial charge >= 0.3 is 0 Å². The minimum atomic E-state index is -0.192. The van der Waals surface area contributed by atoms with Crippen molar-refractivity contribution in [3.8, 4) is 0 Å². The number of rotatable bonds is 5. The second kappa shape index (κ2) is 10.4. The molecule has 5 nitrogen and oxygen atoms in total. The molecule has 1 unspecified atom stereocenters. The van der Waals surface area contributed by atoms with Crippen molar-refractivity contribution in [1.82, 2.24) is 10.6 Å². The predicted molar refractivity (Wildman–Crippen MR) is 114 cm³/mol. The summed E-state index contributed by atoms with van der Waals surface area (Å²) in [6.45, 7) is 2.54. The maximum atomic E-state index is 13.5. The highest BCUT2D eigenvalue weighted by Crippen LogP contribution is 2.20. The van der Waals surface area contributed by atoms with E-state index in [1.807, 2.05) is 18.2 Å². The summed E-state index contributed by atoms with van der Waals surface area (Å²) in [5, 5.41) is 6.79. The van der Waals surface area contributed by atoms with E-state index in [2.05, 4.69) is 20.5 Å². The highest BCUT2D eigenvalue weighted by Gasteiger charge is 2.21. The number of guanidine groups is 1. The normalized spacial score (nSPS) is 17.5. The molecule has 1 atom stereocenters. The molecule has 1 aliphatic rings. The number of furan rings is 1. The molecule has 2 N–H and O–H groups in total. The van der Waals surface area contributed by atoms with Crippen LogP contribution in [-0.2, 0) is 6.42 Å². The molecule has 2 heterocycles. The standard InChI is InChI=1S/C19H25FN4O.HI/c1-21-19(22-10-9-18-8-4-12-25-18)23-16-6-3-11-24(14-16)17-7-2-5-15(20)13-17;/h2,4-5,7-8,12-13,16H,3,6,9-11,14H2,1H3,(H2,21,22,23);1H. The number of aliphatic imine (C=N–C) groups is 1. The van der Waals surface area contributed by atoms with Gasteiger partial charge in [0.2, 0.25) is 0 Å². The van der Waals surface area contributed by atoms with Crippen LogP contribution >= 0.6 is 24.0 Å². The van der Waals surface area contributed by atoms with E-state index in [0.717, 1.165) is 56.3 Å². The van der Waals surface area contributed by atoms with Crippen LogP contribution < -0.4 is 15.5 Å². The zero-order valence-electron chi connectivity index (χ0n) is 15.0. The second-order valence-electron chi connectivity index (χ2n) is 6.24. The van der Waals surface area contributed by atoms with Crippen LogP contribution in [0.4, 0.5) is 10.1 Å². The molecule has 0 radical (unpaired) electrons. The number of benzene rings is 1. The van der Waals surface area contributed by atoms with E-state index < -0.39 is 0 Å². The third-order valence-electron chi connectivity index (χ3n) is 4.40. The van der Waals surface area contributed by atoms with Crippen LogP contribution in [0.3, 0.4) is 0 Å². The molecular weight excluding hydrogens is 446 g/mol. The largest absolute Gasteiger partial charge is 0.469 e. The third kappa shape index (κ3) is 5.89. The smallest absolute Gasteiger partial charge is 0.191 e. The fraction of sp³-hybridized carbons (Fsp3) is 0.421. The van der Waals surface area contributed by atoms with Gasteiger partial charge in [0.05, 0.1) is 6.26 Å². The lowest BCUT2D eigenvalue weighted by Crippen LogP contribution is -2.51. The van der Waals surface area contributed by atoms with Gasteiger partial charge in [0, 0.05) is 44.8 Å². The Labute approximate surface area is 171 Å². The van der Waals surface area contributed by atoms with Gasteiger partial charge < -0.3 is 20.0 Å². The van der Waals surface area contributed by atoms with Gasteiger partial charge in [-0.15, -0.1) is 24.0 Å². The van der Waals surface area contributed by atoms with Crippen LogP contribution in [0.25, 0.3) is 0 Å². The van der Waals surface area contributed by atoms with Crippen molar-refractivity contribution in [2.24, 2.45) is 4.99 Å². The van der Waals surface area contributed by atoms with Crippen LogP contribution in [0.1, 0.15) is 18.6 Å². The molecular formula is C19H26FIN4O. The van der Waals surface area contributed by atoms with Gasteiger partial charge in [0.15, 0.2) is 5.96 Å². The Hall–Kier alpha value is -1.77. The molecule has 0 spiro atoms. The Kier molecular flexibility index (Phi) is 8.21. The summed E-state index contributed by atoms with van der Waals surface area (Å²) in [7, 11) is 1.77. The lowest BCUT2D eigenvalue weighted by molar-refractivity contribution is 0.466. The van der Waals surface area contributed by atoms with Gasteiger partial charge in [-0.2, -0.15) is 0 Å². The van der Waals surface area contributed by atoms with Gasteiger partial charge in [0.25, 0.3) is 0 Å². The van der Waals surface area contributed by atoms with Gasteiger partial charge in [-0.3, -0.25) is 4.99 Å². The van der Waals surface area contributed by atoms with E-state index in [-0.39, 0.29) is 35.8 Å².